The normalized spacial score (nSPS) is 20.9. The molecule has 1 N–H and O–H groups in total. The van der Waals surface area contributed by atoms with E-state index in [4.69, 9.17) is 4.74 Å². The third-order valence-electron chi connectivity index (χ3n) is 5.29. The zero-order valence-electron chi connectivity index (χ0n) is 13.3. The van der Waals surface area contributed by atoms with Crippen molar-refractivity contribution in [3.63, 3.8) is 0 Å². The maximum atomic E-state index is 12.1. The second kappa shape index (κ2) is 6.19. The molecular weight excluding hydrogens is 278 g/mol. The molecule has 1 heterocycles. The quantitative estimate of drug-likeness (QED) is 0.923. The molecule has 0 spiro atoms. The molecule has 2 aliphatic rings. The highest BCUT2D eigenvalue weighted by Gasteiger charge is 2.43. The van der Waals surface area contributed by atoms with E-state index < -0.39 is 11.4 Å². The number of methoxy groups -OCH3 is 1. The Kier molecular flexibility index (Phi) is 4.27. The molecule has 1 aliphatic heterocycles. The fourth-order valence-corrected chi connectivity index (χ4v) is 4.00. The summed E-state index contributed by atoms with van der Waals surface area (Å²) in [5.41, 5.74) is 1.23. The maximum absolute atomic E-state index is 12.1. The van der Waals surface area contributed by atoms with Gasteiger partial charge in [-0.05, 0) is 43.9 Å². The number of rotatable bonds is 4. The number of benzene rings is 1. The molecule has 4 nitrogen and oxygen atoms in total. The van der Waals surface area contributed by atoms with Crippen LogP contribution in [-0.2, 0) is 10.2 Å². The van der Waals surface area contributed by atoms with E-state index >= 15 is 0 Å². The van der Waals surface area contributed by atoms with E-state index in [0.29, 0.717) is 18.6 Å². The molecule has 120 valence electrons. The number of anilines is 1. The lowest BCUT2D eigenvalue weighted by atomic mass is 9.69. The lowest BCUT2D eigenvalue weighted by molar-refractivity contribution is -0.145. The Morgan fingerprint density at radius 2 is 1.82 bits per heavy atom. The number of ether oxygens (including phenoxy) is 1. The Balaban J connectivity index is 2.05. The maximum Gasteiger partial charge on any atom is 0.314 e. The van der Waals surface area contributed by atoms with Gasteiger partial charge in [0.15, 0.2) is 0 Å². The van der Waals surface area contributed by atoms with Crippen molar-refractivity contribution in [3.8, 4) is 5.75 Å². The fraction of sp³-hybridized carbons (Fsp3) is 0.611. The Bertz CT molecular complexity index is 543. The van der Waals surface area contributed by atoms with Gasteiger partial charge < -0.3 is 14.7 Å². The van der Waals surface area contributed by atoms with Crippen LogP contribution in [0.15, 0.2) is 18.2 Å². The zero-order chi connectivity index (χ0) is 15.6. The van der Waals surface area contributed by atoms with Crippen molar-refractivity contribution < 1.29 is 14.6 Å². The van der Waals surface area contributed by atoms with Crippen molar-refractivity contribution in [1.29, 1.82) is 0 Å². The lowest BCUT2D eigenvalue weighted by Crippen LogP contribution is -2.38. The molecule has 4 heteroatoms. The SMILES string of the molecule is COc1ccc(N2CCCC2)cc1C1(C(=O)O)CCCCC1. The number of hydrogen-bond donors (Lipinski definition) is 1. The van der Waals surface area contributed by atoms with E-state index in [9.17, 15) is 9.90 Å². The molecule has 1 aromatic rings. The van der Waals surface area contributed by atoms with Crippen LogP contribution in [0.5, 0.6) is 5.75 Å². The van der Waals surface area contributed by atoms with Crippen LogP contribution in [0.25, 0.3) is 0 Å². The molecule has 1 saturated heterocycles. The van der Waals surface area contributed by atoms with Crippen LogP contribution in [0.4, 0.5) is 5.69 Å². The molecule has 0 radical (unpaired) electrons. The summed E-state index contributed by atoms with van der Waals surface area (Å²) in [6, 6.07) is 6.08. The molecule has 2 fully saturated rings. The van der Waals surface area contributed by atoms with Gasteiger partial charge in [0.05, 0.1) is 12.5 Å². The first-order valence-corrected chi connectivity index (χ1v) is 8.34. The van der Waals surface area contributed by atoms with Crippen molar-refractivity contribution in [2.45, 2.75) is 50.4 Å². The largest absolute Gasteiger partial charge is 0.496 e. The monoisotopic (exact) mass is 303 g/mol. The summed E-state index contributed by atoms with van der Waals surface area (Å²) in [6.07, 6.45) is 6.93. The molecular formula is C18H25NO3. The average Bonchev–Trinajstić information content (AvgIpc) is 3.09. The van der Waals surface area contributed by atoms with Crippen molar-refractivity contribution >= 4 is 11.7 Å². The van der Waals surface area contributed by atoms with Crippen LogP contribution in [0.2, 0.25) is 0 Å². The van der Waals surface area contributed by atoms with Gasteiger partial charge in [0.2, 0.25) is 0 Å². The predicted molar refractivity (Wildman–Crippen MR) is 86.8 cm³/mol. The number of aliphatic carboxylic acids is 1. The minimum absolute atomic E-state index is 0.705. The van der Waals surface area contributed by atoms with Crippen LogP contribution < -0.4 is 9.64 Å². The van der Waals surface area contributed by atoms with Crippen molar-refractivity contribution in [1.82, 2.24) is 0 Å². The van der Waals surface area contributed by atoms with Gasteiger partial charge in [0, 0.05) is 24.3 Å². The number of carbonyl (C=O) groups is 1. The average molecular weight is 303 g/mol. The standard InChI is InChI=1S/C18H25NO3/c1-22-16-8-7-14(19-11-5-6-12-19)13-15(16)18(17(20)21)9-3-2-4-10-18/h7-8,13H,2-6,9-12H2,1H3,(H,20,21). The molecule has 0 unspecified atom stereocenters. The summed E-state index contributed by atoms with van der Waals surface area (Å²) < 4.78 is 5.51. The minimum Gasteiger partial charge on any atom is -0.496 e. The number of nitrogens with zero attached hydrogens (tertiary/aromatic N) is 1. The summed E-state index contributed by atoms with van der Waals surface area (Å²) >= 11 is 0. The van der Waals surface area contributed by atoms with E-state index in [-0.39, 0.29) is 0 Å². The summed E-state index contributed by atoms with van der Waals surface area (Å²) in [6.45, 7) is 2.12. The summed E-state index contributed by atoms with van der Waals surface area (Å²) in [5.74, 6) is 0.0105. The van der Waals surface area contributed by atoms with E-state index in [2.05, 4.69) is 17.0 Å². The second-order valence-electron chi connectivity index (χ2n) is 6.53. The Labute approximate surface area is 132 Å². The summed E-state index contributed by atoms with van der Waals surface area (Å²) in [7, 11) is 1.63. The van der Waals surface area contributed by atoms with Crippen molar-refractivity contribution in [2.24, 2.45) is 0 Å². The third kappa shape index (κ3) is 2.55. The number of hydrogen-bond acceptors (Lipinski definition) is 3. The topological polar surface area (TPSA) is 49.8 Å². The van der Waals surface area contributed by atoms with E-state index in [1.165, 1.54) is 12.8 Å². The van der Waals surface area contributed by atoms with Gasteiger partial charge in [0.25, 0.3) is 0 Å². The Morgan fingerprint density at radius 1 is 1.14 bits per heavy atom. The smallest absolute Gasteiger partial charge is 0.314 e. The predicted octanol–water partition coefficient (Wildman–Crippen LogP) is 3.58. The number of carboxylic acid groups (broad SMARTS) is 1. The van der Waals surface area contributed by atoms with Crippen LogP contribution >= 0.6 is 0 Å². The molecule has 0 aromatic heterocycles. The molecule has 0 atom stereocenters. The number of carboxylic acids is 1. The van der Waals surface area contributed by atoms with Crippen LogP contribution in [0.1, 0.15) is 50.5 Å². The van der Waals surface area contributed by atoms with Gasteiger partial charge in [-0.3, -0.25) is 4.79 Å². The summed E-state index contributed by atoms with van der Waals surface area (Å²) in [4.78, 5) is 14.5. The molecule has 1 aromatic carbocycles. The first-order valence-electron chi connectivity index (χ1n) is 8.34. The van der Waals surface area contributed by atoms with Gasteiger partial charge in [-0.15, -0.1) is 0 Å². The first-order chi connectivity index (χ1) is 10.7. The van der Waals surface area contributed by atoms with E-state index in [1.807, 2.05) is 6.07 Å². The molecule has 0 amide bonds. The molecule has 3 rings (SSSR count). The highest BCUT2D eigenvalue weighted by molar-refractivity contribution is 5.83. The summed E-state index contributed by atoms with van der Waals surface area (Å²) in [5, 5.41) is 9.95. The highest BCUT2D eigenvalue weighted by atomic mass is 16.5. The van der Waals surface area contributed by atoms with Crippen LogP contribution in [0, 0.1) is 0 Å². The zero-order valence-corrected chi connectivity index (χ0v) is 13.3. The molecule has 1 aliphatic carbocycles. The van der Waals surface area contributed by atoms with Crippen molar-refractivity contribution in [2.75, 3.05) is 25.1 Å². The van der Waals surface area contributed by atoms with Gasteiger partial charge in [-0.1, -0.05) is 19.3 Å². The lowest BCUT2D eigenvalue weighted by Gasteiger charge is -2.35. The molecule has 22 heavy (non-hydrogen) atoms. The minimum atomic E-state index is -0.778. The fourth-order valence-electron chi connectivity index (χ4n) is 4.00. The molecule has 0 bridgehead atoms. The van der Waals surface area contributed by atoms with Crippen molar-refractivity contribution in [3.05, 3.63) is 23.8 Å². The first kappa shape index (κ1) is 15.2. The van der Waals surface area contributed by atoms with Gasteiger partial charge >= 0.3 is 5.97 Å². The van der Waals surface area contributed by atoms with Gasteiger partial charge in [0.1, 0.15) is 5.75 Å². The Morgan fingerprint density at radius 3 is 2.41 bits per heavy atom. The van der Waals surface area contributed by atoms with Gasteiger partial charge in [-0.2, -0.15) is 0 Å². The Hall–Kier alpha value is -1.71. The van der Waals surface area contributed by atoms with E-state index in [1.54, 1.807) is 7.11 Å². The third-order valence-corrected chi connectivity index (χ3v) is 5.29. The second-order valence-corrected chi connectivity index (χ2v) is 6.53. The van der Waals surface area contributed by atoms with Crippen LogP contribution in [-0.4, -0.2) is 31.3 Å². The van der Waals surface area contributed by atoms with E-state index in [0.717, 1.165) is 43.6 Å². The van der Waals surface area contributed by atoms with Crippen LogP contribution in [0.3, 0.4) is 0 Å². The molecule has 1 saturated carbocycles. The van der Waals surface area contributed by atoms with Gasteiger partial charge in [-0.25, -0.2) is 0 Å². The highest BCUT2D eigenvalue weighted by Crippen LogP contribution is 2.45.